The average molecular weight is 292 g/mol. The summed E-state index contributed by atoms with van der Waals surface area (Å²) in [6.45, 7) is 6.29. The Morgan fingerprint density at radius 1 is 1.00 bits per heavy atom. The number of hydrogen-bond acceptors (Lipinski definition) is 2. The fourth-order valence-electron chi connectivity index (χ4n) is 1.80. The molecule has 1 atom stereocenters. The van der Waals surface area contributed by atoms with Crippen molar-refractivity contribution in [1.29, 1.82) is 0 Å². The standard InChI is InChI=1S/C13H19F3O2Si/c1-12(13(14,15)16,18-19(3,4)5)10-6-8-11(17-2)9-7-10/h6-9H,1-5H3. The molecule has 0 spiro atoms. The van der Waals surface area contributed by atoms with Crippen molar-refractivity contribution in [3.05, 3.63) is 29.8 Å². The molecule has 1 rings (SSSR count). The van der Waals surface area contributed by atoms with E-state index in [0.29, 0.717) is 5.75 Å². The molecule has 0 fully saturated rings. The van der Waals surface area contributed by atoms with Crippen molar-refractivity contribution in [2.24, 2.45) is 0 Å². The fourth-order valence-corrected chi connectivity index (χ4v) is 3.26. The minimum atomic E-state index is -4.47. The van der Waals surface area contributed by atoms with Crippen LogP contribution in [0.3, 0.4) is 0 Å². The lowest BCUT2D eigenvalue weighted by atomic mass is 9.95. The Balaban J connectivity index is 3.23. The van der Waals surface area contributed by atoms with Crippen LogP contribution in [0.4, 0.5) is 13.2 Å². The van der Waals surface area contributed by atoms with Crippen LogP contribution in [0.15, 0.2) is 24.3 Å². The minimum Gasteiger partial charge on any atom is -0.497 e. The normalized spacial score (nSPS) is 16.0. The second-order valence-corrected chi connectivity index (χ2v) is 9.90. The lowest BCUT2D eigenvalue weighted by Crippen LogP contribution is -2.48. The molecule has 0 amide bonds. The smallest absolute Gasteiger partial charge is 0.420 e. The van der Waals surface area contributed by atoms with Crippen LogP contribution in [0.25, 0.3) is 0 Å². The minimum absolute atomic E-state index is 0.0863. The Morgan fingerprint density at radius 3 is 1.79 bits per heavy atom. The predicted molar refractivity (Wildman–Crippen MR) is 70.8 cm³/mol. The Labute approximate surface area is 112 Å². The molecule has 1 aromatic rings. The molecule has 0 saturated heterocycles. The fraction of sp³-hybridized carbons (Fsp3) is 0.538. The van der Waals surface area contributed by atoms with Crippen LogP contribution in [0, 0.1) is 0 Å². The van der Waals surface area contributed by atoms with E-state index in [0.717, 1.165) is 6.92 Å². The molecule has 108 valence electrons. The Hall–Kier alpha value is -1.01. The van der Waals surface area contributed by atoms with Gasteiger partial charge in [-0.2, -0.15) is 13.2 Å². The van der Waals surface area contributed by atoms with E-state index >= 15 is 0 Å². The molecule has 0 heterocycles. The van der Waals surface area contributed by atoms with Crippen LogP contribution in [0.5, 0.6) is 5.75 Å². The van der Waals surface area contributed by atoms with Gasteiger partial charge in [-0.05, 0) is 44.3 Å². The van der Waals surface area contributed by atoms with E-state index in [1.54, 1.807) is 19.6 Å². The first kappa shape index (κ1) is 16.0. The van der Waals surface area contributed by atoms with Crippen molar-refractivity contribution in [2.45, 2.75) is 38.3 Å². The van der Waals surface area contributed by atoms with Gasteiger partial charge in [0.25, 0.3) is 0 Å². The highest BCUT2D eigenvalue weighted by Gasteiger charge is 2.55. The molecule has 0 aromatic heterocycles. The maximum absolute atomic E-state index is 13.4. The highest BCUT2D eigenvalue weighted by atomic mass is 28.4. The van der Waals surface area contributed by atoms with Gasteiger partial charge in [0, 0.05) is 0 Å². The van der Waals surface area contributed by atoms with Gasteiger partial charge in [-0.1, -0.05) is 12.1 Å². The number of alkyl halides is 3. The van der Waals surface area contributed by atoms with Crippen LogP contribution in [0.1, 0.15) is 12.5 Å². The zero-order valence-electron chi connectivity index (χ0n) is 11.8. The number of rotatable bonds is 4. The summed E-state index contributed by atoms with van der Waals surface area (Å²) in [6, 6.07) is 5.80. The van der Waals surface area contributed by atoms with E-state index < -0.39 is 20.1 Å². The zero-order valence-corrected chi connectivity index (χ0v) is 12.8. The Morgan fingerprint density at radius 2 is 1.47 bits per heavy atom. The SMILES string of the molecule is COc1ccc(C(C)(O[Si](C)(C)C)C(F)(F)F)cc1. The summed E-state index contributed by atoms with van der Waals surface area (Å²) in [5.41, 5.74) is -2.20. The van der Waals surface area contributed by atoms with Gasteiger partial charge in [-0.3, -0.25) is 0 Å². The highest BCUT2D eigenvalue weighted by Crippen LogP contribution is 2.44. The number of benzene rings is 1. The van der Waals surface area contributed by atoms with Crippen LogP contribution in [-0.2, 0) is 10.0 Å². The predicted octanol–water partition coefficient (Wildman–Crippen LogP) is 4.32. The van der Waals surface area contributed by atoms with Crippen LogP contribution in [-0.4, -0.2) is 21.6 Å². The molecule has 0 aliphatic rings. The Bertz CT molecular complexity index is 423. The second kappa shape index (κ2) is 5.17. The monoisotopic (exact) mass is 292 g/mol. The third kappa shape index (κ3) is 3.73. The van der Waals surface area contributed by atoms with E-state index in [1.807, 2.05) is 0 Å². The molecule has 0 aliphatic heterocycles. The zero-order chi connectivity index (χ0) is 14.9. The Kier molecular flexibility index (Phi) is 4.36. The highest BCUT2D eigenvalue weighted by molar-refractivity contribution is 6.69. The summed E-state index contributed by atoms with van der Waals surface area (Å²) >= 11 is 0. The molecule has 0 aliphatic carbocycles. The van der Waals surface area contributed by atoms with E-state index in [4.69, 9.17) is 9.16 Å². The van der Waals surface area contributed by atoms with Gasteiger partial charge in [0.15, 0.2) is 13.9 Å². The summed E-state index contributed by atoms with van der Waals surface area (Å²) in [5, 5.41) is 0. The lowest BCUT2D eigenvalue weighted by Gasteiger charge is -2.38. The van der Waals surface area contributed by atoms with Gasteiger partial charge in [0.1, 0.15) is 5.75 Å². The first-order chi connectivity index (χ1) is 8.49. The van der Waals surface area contributed by atoms with Gasteiger partial charge >= 0.3 is 6.18 Å². The van der Waals surface area contributed by atoms with Gasteiger partial charge in [-0.15, -0.1) is 0 Å². The van der Waals surface area contributed by atoms with Crippen molar-refractivity contribution in [1.82, 2.24) is 0 Å². The summed E-state index contributed by atoms with van der Waals surface area (Å²) < 4.78 is 50.5. The first-order valence-electron chi connectivity index (χ1n) is 5.91. The van der Waals surface area contributed by atoms with E-state index in [2.05, 4.69) is 0 Å². The quantitative estimate of drug-likeness (QED) is 0.769. The summed E-state index contributed by atoms with van der Waals surface area (Å²) in [4.78, 5) is 0. The maximum atomic E-state index is 13.4. The largest absolute Gasteiger partial charge is 0.497 e. The summed E-state index contributed by atoms with van der Waals surface area (Å²) in [6.07, 6.45) is -4.47. The van der Waals surface area contributed by atoms with Crippen molar-refractivity contribution >= 4 is 8.32 Å². The van der Waals surface area contributed by atoms with E-state index in [9.17, 15) is 13.2 Å². The molecular formula is C13H19F3O2Si. The molecule has 0 saturated carbocycles. The third-order valence-corrected chi connectivity index (χ3v) is 3.71. The molecule has 0 N–H and O–H groups in total. The van der Waals surface area contributed by atoms with Gasteiger partial charge in [0.05, 0.1) is 7.11 Å². The topological polar surface area (TPSA) is 18.5 Å². The second-order valence-electron chi connectivity index (χ2n) is 5.47. The van der Waals surface area contributed by atoms with Gasteiger partial charge < -0.3 is 9.16 Å². The van der Waals surface area contributed by atoms with Crippen LogP contribution >= 0.6 is 0 Å². The number of halogens is 3. The van der Waals surface area contributed by atoms with Crippen LogP contribution in [0.2, 0.25) is 19.6 Å². The molecule has 0 bridgehead atoms. The van der Waals surface area contributed by atoms with Gasteiger partial charge in [0.2, 0.25) is 0 Å². The molecule has 1 aromatic carbocycles. The number of hydrogen-bond donors (Lipinski definition) is 0. The van der Waals surface area contributed by atoms with E-state index in [1.165, 1.54) is 31.4 Å². The molecule has 19 heavy (non-hydrogen) atoms. The average Bonchev–Trinajstić information content (AvgIpc) is 2.25. The number of ether oxygens (including phenoxy) is 1. The molecule has 1 unspecified atom stereocenters. The first-order valence-corrected chi connectivity index (χ1v) is 9.32. The van der Waals surface area contributed by atoms with Crippen molar-refractivity contribution < 1.29 is 22.3 Å². The number of methoxy groups -OCH3 is 1. The van der Waals surface area contributed by atoms with Crippen molar-refractivity contribution in [3.63, 3.8) is 0 Å². The molecular weight excluding hydrogens is 273 g/mol. The van der Waals surface area contributed by atoms with Crippen molar-refractivity contribution in [2.75, 3.05) is 7.11 Å². The third-order valence-electron chi connectivity index (χ3n) is 2.69. The lowest BCUT2D eigenvalue weighted by molar-refractivity contribution is -0.250. The van der Waals surface area contributed by atoms with Crippen LogP contribution < -0.4 is 4.74 Å². The molecule has 6 heteroatoms. The molecule has 2 nitrogen and oxygen atoms in total. The van der Waals surface area contributed by atoms with Crippen molar-refractivity contribution in [3.8, 4) is 5.75 Å². The summed E-state index contributed by atoms with van der Waals surface area (Å²) in [7, 11) is -0.890. The van der Waals surface area contributed by atoms with Gasteiger partial charge in [-0.25, -0.2) is 0 Å². The molecule has 0 radical (unpaired) electrons. The van der Waals surface area contributed by atoms with E-state index in [-0.39, 0.29) is 5.56 Å². The summed E-state index contributed by atoms with van der Waals surface area (Å²) in [5.74, 6) is 0.515. The maximum Gasteiger partial charge on any atom is 0.420 e.